The molecule has 0 spiro atoms. The molecule has 2 radical (unpaired) electrons. The third kappa shape index (κ3) is 2.40. The van der Waals surface area contributed by atoms with Crippen LogP contribution in [0.4, 0.5) is 5.69 Å². The Morgan fingerprint density at radius 3 is 2.62 bits per heavy atom. The Labute approximate surface area is 143 Å². The second-order valence-corrected chi connectivity index (χ2v) is 4.99. The van der Waals surface area contributed by atoms with Crippen LogP contribution in [-0.4, -0.2) is 41.2 Å². The minimum Gasteiger partial charge on any atom is -0.496 e. The number of hydrogen-bond donors (Lipinski definition) is 2. The van der Waals surface area contributed by atoms with Crippen molar-refractivity contribution < 1.29 is 14.6 Å². The van der Waals surface area contributed by atoms with E-state index in [2.05, 4.69) is 5.32 Å². The average Bonchev–Trinajstić information content (AvgIpc) is 2.72. The molecule has 0 saturated heterocycles. The molecule has 2 aromatic carbocycles. The number of anilines is 1. The fourth-order valence-corrected chi connectivity index (χ4v) is 2.64. The molecule has 1 atom stereocenters. The van der Waals surface area contributed by atoms with Gasteiger partial charge in [0.15, 0.2) is 5.60 Å². The van der Waals surface area contributed by atoms with Gasteiger partial charge in [-0.15, -0.1) is 0 Å². The molecule has 104 valence electrons. The molecule has 3 rings (SSSR count). The topological polar surface area (TPSA) is 58.6 Å². The first-order valence-corrected chi connectivity index (χ1v) is 6.42. The summed E-state index contributed by atoms with van der Waals surface area (Å²) in [5.74, 6) is -0.0720. The molecule has 0 saturated carbocycles. The van der Waals surface area contributed by atoms with Crippen molar-refractivity contribution in [3.8, 4) is 5.75 Å². The molecule has 1 aliphatic heterocycles. The van der Waals surface area contributed by atoms with Crippen LogP contribution in [0.15, 0.2) is 42.5 Å². The number of aliphatic hydroxyl groups is 1. The van der Waals surface area contributed by atoms with E-state index in [1.54, 1.807) is 42.5 Å². The fourth-order valence-electron chi connectivity index (χ4n) is 2.47. The number of benzene rings is 2. The first-order valence-electron chi connectivity index (χ1n) is 6.04. The molecule has 0 bridgehead atoms. The minimum atomic E-state index is -1.80. The molecule has 6 heteroatoms. The van der Waals surface area contributed by atoms with Crippen molar-refractivity contribution in [1.29, 1.82) is 0 Å². The van der Waals surface area contributed by atoms with Crippen LogP contribution in [0.1, 0.15) is 11.1 Å². The Kier molecular flexibility index (Phi) is 4.48. The van der Waals surface area contributed by atoms with Crippen molar-refractivity contribution in [1.82, 2.24) is 0 Å². The SMILES string of the molecule is COc1ccccc1C1(O)C(=O)Nc2ccc(Cl)cc21.[Mg]. The molecule has 1 amide bonds. The van der Waals surface area contributed by atoms with Gasteiger partial charge in [-0.25, -0.2) is 0 Å². The first-order chi connectivity index (χ1) is 9.57. The highest BCUT2D eigenvalue weighted by atomic mass is 35.5. The lowest BCUT2D eigenvalue weighted by atomic mass is 9.87. The molecule has 0 aromatic heterocycles. The number of rotatable bonds is 2. The van der Waals surface area contributed by atoms with Crippen LogP contribution in [0.2, 0.25) is 5.02 Å². The van der Waals surface area contributed by atoms with Gasteiger partial charge >= 0.3 is 0 Å². The van der Waals surface area contributed by atoms with Crippen molar-refractivity contribution in [2.75, 3.05) is 12.4 Å². The van der Waals surface area contributed by atoms with Crippen molar-refractivity contribution in [2.24, 2.45) is 0 Å². The number of halogens is 1. The lowest BCUT2D eigenvalue weighted by molar-refractivity contribution is -0.129. The number of methoxy groups -OCH3 is 1. The summed E-state index contributed by atoms with van der Waals surface area (Å²) in [6.45, 7) is 0. The molecule has 0 fully saturated rings. The smallest absolute Gasteiger partial charge is 0.266 e. The Morgan fingerprint density at radius 1 is 1.19 bits per heavy atom. The molecule has 2 N–H and O–H groups in total. The van der Waals surface area contributed by atoms with Gasteiger partial charge in [0.2, 0.25) is 0 Å². The molecule has 2 aromatic rings. The highest BCUT2D eigenvalue weighted by molar-refractivity contribution is 6.31. The van der Waals surface area contributed by atoms with E-state index in [0.717, 1.165) is 0 Å². The van der Waals surface area contributed by atoms with Crippen molar-refractivity contribution >= 4 is 46.2 Å². The van der Waals surface area contributed by atoms with Crippen molar-refractivity contribution in [2.45, 2.75) is 5.60 Å². The van der Waals surface area contributed by atoms with E-state index in [1.807, 2.05) is 0 Å². The molecule has 21 heavy (non-hydrogen) atoms. The van der Waals surface area contributed by atoms with E-state index >= 15 is 0 Å². The zero-order chi connectivity index (χ0) is 14.3. The van der Waals surface area contributed by atoms with E-state index in [1.165, 1.54) is 7.11 Å². The summed E-state index contributed by atoms with van der Waals surface area (Å²) in [6.07, 6.45) is 0. The van der Waals surface area contributed by atoms with Crippen LogP contribution in [0.3, 0.4) is 0 Å². The zero-order valence-electron chi connectivity index (χ0n) is 11.4. The summed E-state index contributed by atoms with van der Waals surface area (Å²) in [6, 6.07) is 11.8. The number of amides is 1. The molecule has 1 heterocycles. The maximum absolute atomic E-state index is 12.3. The van der Waals surface area contributed by atoms with Crippen molar-refractivity contribution in [3.63, 3.8) is 0 Å². The van der Waals surface area contributed by atoms with Crippen molar-refractivity contribution in [3.05, 3.63) is 58.6 Å². The largest absolute Gasteiger partial charge is 0.496 e. The maximum Gasteiger partial charge on any atom is 0.266 e. The third-order valence-corrected chi connectivity index (χ3v) is 3.68. The second-order valence-electron chi connectivity index (χ2n) is 4.55. The van der Waals surface area contributed by atoms with E-state index in [9.17, 15) is 9.90 Å². The molecule has 4 nitrogen and oxygen atoms in total. The van der Waals surface area contributed by atoms with Crippen LogP contribution < -0.4 is 10.1 Å². The van der Waals surface area contributed by atoms with Gasteiger partial charge in [0, 0.05) is 44.9 Å². The number of hydrogen-bond acceptors (Lipinski definition) is 3. The van der Waals surface area contributed by atoms with Crippen LogP contribution in [0.25, 0.3) is 0 Å². The standard InChI is InChI=1S/C15H12ClNO3.Mg/c1-20-13-5-3-2-4-10(13)15(19)11-8-9(16)6-7-12(11)17-14(15)18;/h2-8,19H,1H3,(H,17,18);. The number of fused-ring (bicyclic) bond motifs is 1. The normalized spacial score (nSPS) is 19.5. The van der Waals surface area contributed by atoms with Crippen LogP contribution in [0.5, 0.6) is 5.75 Å². The van der Waals surface area contributed by atoms with Gasteiger partial charge in [-0.05, 0) is 24.3 Å². The third-order valence-electron chi connectivity index (χ3n) is 3.44. The highest BCUT2D eigenvalue weighted by Gasteiger charge is 2.48. The van der Waals surface area contributed by atoms with Gasteiger partial charge in [0.05, 0.1) is 7.11 Å². The molecule has 1 aliphatic rings. The monoisotopic (exact) mass is 313 g/mol. The van der Waals surface area contributed by atoms with Crippen LogP contribution >= 0.6 is 11.6 Å². The summed E-state index contributed by atoms with van der Waals surface area (Å²) in [7, 11) is 1.49. The molecular formula is C15H12ClMgNO3. The number of carbonyl (C=O) groups excluding carboxylic acids is 1. The Bertz CT molecular complexity index is 707. The molecule has 0 aliphatic carbocycles. The summed E-state index contributed by atoms with van der Waals surface area (Å²) in [5.41, 5.74) is -0.430. The summed E-state index contributed by atoms with van der Waals surface area (Å²) >= 11 is 5.98. The van der Waals surface area contributed by atoms with Gasteiger partial charge in [0.25, 0.3) is 5.91 Å². The van der Waals surface area contributed by atoms with E-state index in [4.69, 9.17) is 16.3 Å². The summed E-state index contributed by atoms with van der Waals surface area (Å²) in [4.78, 5) is 12.3. The second kappa shape index (κ2) is 5.85. The lowest BCUT2D eigenvalue weighted by Gasteiger charge is -2.23. The van der Waals surface area contributed by atoms with Gasteiger partial charge in [-0.3, -0.25) is 4.79 Å². The predicted octanol–water partition coefficient (Wildman–Crippen LogP) is 2.16. The first kappa shape index (κ1) is 16.1. The average molecular weight is 314 g/mol. The minimum absolute atomic E-state index is 0. The van der Waals surface area contributed by atoms with E-state index in [-0.39, 0.29) is 23.1 Å². The Balaban J connectivity index is 0.00000161. The Hall–Kier alpha value is -1.27. The van der Waals surface area contributed by atoms with Gasteiger partial charge in [-0.1, -0.05) is 29.8 Å². The molecular weight excluding hydrogens is 302 g/mol. The highest BCUT2D eigenvalue weighted by Crippen LogP contribution is 2.44. The van der Waals surface area contributed by atoms with Gasteiger partial charge < -0.3 is 15.2 Å². The zero-order valence-corrected chi connectivity index (χ0v) is 13.6. The summed E-state index contributed by atoms with van der Waals surface area (Å²) < 4.78 is 5.24. The maximum atomic E-state index is 12.3. The van der Waals surface area contributed by atoms with Crippen LogP contribution in [-0.2, 0) is 10.4 Å². The van der Waals surface area contributed by atoms with Gasteiger partial charge in [-0.2, -0.15) is 0 Å². The summed E-state index contributed by atoms with van der Waals surface area (Å²) in [5, 5.41) is 14.1. The number of carbonyl (C=O) groups is 1. The van der Waals surface area contributed by atoms with E-state index in [0.29, 0.717) is 27.6 Å². The molecule has 1 unspecified atom stereocenters. The quantitative estimate of drug-likeness (QED) is 0.835. The predicted molar refractivity (Wildman–Crippen MR) is 81.8 cm³/mol. The van der Waals surface area contributed by atoms with E-state index < -0.39 is 11.5 Å². The number of ether oxygens (including phenoxy) is 1. The number of para-hydroxylation sites is 1. The van der Waals surface area contributed by atoms with Gasteiger partial charge in [0.1, 0.15) is 5.75 Å². The number of nitrogens with one attached hydrogen (secondary N) is 1. The lowest BCUT2D eigenvalue weighted by Crippen LogP contribution is -2.35. The Morgan fingerprint density at radius 2 is 1.90 bits per heavy atom. The fraction of sp³-hybridized carbons (Fsp3) is 0.133. The van der Waals surface area contributed by atoms with Crippen LogP contribution in [0, 0.1) is 0 Å².